The van der Waals surface area contributed by atoms with Gasteiger partial charge in [-0.2, -0.15) is 0 Å². The Kier molecular flexibility index (Phi) is 4.64. The fourth-order valence-corrected chi connectivity index (χ4v) is 3.99. The van der Waals surface area contributed by atoms with E-state index in [1.165, 1.54) is 30.6 Å². The van der Waals surface area contributed by atoms with E-state index >= 15 is 0 Å². The maximum Gasteiger partial charge on any atom is 0.339 e. The number of methoxy groups -OCH3 is 1. The average Bonchev–Trinajstić information content (AvgIpc) is 2.97. The Balaban J connectivity index is 2.27. The quantitative estimate of drug-likeness (QED) is 0.882. The van der Waals surface area contributed by atoms with Crippen molar-refractivity contribution in [2.75, 3.05) is 12.9 Å². The highest BCUT2D eigenvalue weighted by Gasteiger charge is 2.19. The van der Waals surface area contributed by atoms with Crippen LogP contribution in [-0.4, -0.2) is 32.4 Å². The summed E-state index contributed by atoms with van der Waals surface area (Å²) in [4.78, 5) is 12.1. The lowest BCUT2D eigenvalue weighted by Gasteiger charge is -2.08. The van der Waals surface area contributed by atoms with Gasteiger partial charge in [0.2, 0.25) is 0 Å². The average molecular weight is 326 g/mol. The minimum Gasteiger partial charge on any atom is -0.496 e. The van der Waals surface area contributed by atoms with E-state index in [1.807, 2.05) is 17.5 Å². The number of hydrogen-bond donors (Lipinski definition) is 1. The monoisotopic (exact) mass is 326 g/mol. The number of carbonyl (C=O) groups is 1. The first-order chi connectivity index (χ1) is 9.94. The Morgan fingerprint density at radius 1 is 1.33 bits per heavy atom. The van der Waals surface area contributed by atoms with Gasteiger partial charge in [0.1, 0.15) is 11.3 Å². The van der Waals surface area contributed by atoms with Gasteiger partial charge in [0.05, 0.1) is 17.8 Å². The van der Waals surface area contributed by atoms with Crippen LogP contribution in [-0.2, 0) is 16.3 Å². The van der Waals surface area contributed by atoms with E-state index in [4.69, 9.17) is 9.84 Å². The molecule has 0 saturated carbocycles. The lowest BCUT2D eigenvalue weighted by Crippen LogP contribution is -2.10. The van der Waals surface area contributed by atoms with E-state index in [1.54, 1.807) is 0 Å². The SMILES string of the molecule is COc1ccc(S(=O)(=O)CCc2cccs2)cc1C(=O)O. The van der Waals surface area contributed by atoms with E-state index < -0.39 is 15.8 Å². The molecule has 1 N–H and O–H groups in total. The fourth-order valence-electron chi connectivity index (χ4n) is 1.86. The van der Waals surface area contributed by atoms with Crippen LogP contribution in [0.4, 0.5) is 0 Å². The standard InChI is InChI=1S/C14H14O5S2/c1-19-13-5-4-11(9-12(13)14(15)16)21(17,18)8-6-10-3-2-7-20-10/h2-5,7,9H,6,8H2,1H3,(H,15,16). The number of thiophene rings is 1. The summed E-state index contributed by atoms with van der Waals surface area (Å²) in [7, 11) is -2.19. The number of aromatic carboxylic acids is 1. The number of aryl methyl sites for hydroxylation is 1. The van der Waals surface area contributed by atoms with Gasteiger partial charge in [-0.15, -0.1) is 11.3 Å². The molecule has 1 heterocycles. The highest BCUT2D eigenvalue weighted by molar-refractivity contribution is 7.91. The lowest BCUT2D eigenvalue weighted by atomic mass is 10.2. The molecule has 112 valence electrons. The molecule has 1 aromatic carbocycles. The number of ether oxygens (including phenoxy) is 1. The zero-order valence-corrected chi connectivity index (χ0v) is 12.9. The highest BCUT2D eigenvalue weighted by atomic mass is 32.2. The van der Waals surface area contributed by atoms with Crippen LogP contribution >= 0.6 is 11.3 Å². The number of hydrogen-bond acceptors (Lipinski definition) is 5. The zero-order valence-electron chi connectivity index (χ0n) is 11.3. The van der Waals surface area contributed by atoms with Crippen molar-refractivity contribution in [1.82, 2.24) is 0 Å². The first kappa shape index (κ1) is 15.5. The molecule has 2 aromatic rings. The molecule has 0 radical (unpaired) electrons. The second kappa shape index (κ2) is 6.28. The molecule has 21 heavy (non-hydrogen) atoms. The molecule has 0 aliphatic carbocycles. The molecule has 0 fully saturated rings. The summed E-state index contributed by atoms with van der Waals surface area (Å²) < 4.78 is 29.5. The smallest absolute Gasteiger partial charge is 0.339 e. The van der Waals surface area contributed by atoms with Crippen molar-refractivity contribution in [3.63, 3.8) is 0 Å². The number of sulfone groups is 1. The van der Waals surface area contributed by atoms with Gasteiger partial charge in [0, 0.05) is 4.88 Å². The molecule has 0 spiro atoms. The van der Waals surface area contributed by atoms with Crippen LogP contribution in [0.3, 0.4) is 0 Å². The molecule has 0 atom stereocenters. The van der Waals surface area contributed by atoms with Crippen LogP contribution in [0.15, 0.2) is 40.6 Å². The minimum atomic E-state index is -3.53. The minimum absolute atomic E-state index is 0.00254. The Hall–Kier alpha value is -1.86. The van der Waals surface area contributed by atoms with Crippen molar-refractivity contribution >= 4 is 27.1 Å². The summed E-state index contributed by atoms with van der Waals surface area (Å²) >= 11 is 1.49. The Bertz CT molecular complexity index is 733. The first-order valence-corrected chi connectivity index (χ1v) is 8.63. The first-order valence-electron chi connectivity index (χ1n) is 6.10. The third kappa shape index (κ3) is 3.62. The molecule has 0 aliphatic rings. The summed E-state index contributed by atoms with van der Waals surface area (Å²) in [5.74, 6) is -1.14. The second-order valence-corrected chi connectivity index (χ2v) is 7.46. The Morgan fingerprint density at radius 3 is 2.67 bits per heavy atom. The van der Waals surface area contributed by atoms with Crippen molar-refractivity contribution in [3.05, 3.63) is 46.2 Å². The molecule has 0 amide bonds. The number of carboxylic acid groups (broad SMARTS) is 1. The molecule has 0 bridgehead atoms. The lowest BCUT2D eigenvalue weighted by molar-refractivity contribution is 0.0693. The van der Waals surface area contributed by atoms with Crippen LogP contribution in [0, 0.1) is 0 Å². The Labute approximate surface area is 126 Å². The zero-order chi connectivity index (χ0) is 15.5. The third-order valence-corrected chi connectivity index (χ3v) is 5.61. The number of carboxylic acids is 1. The molecule has 0 saturated heterocycles. The molecular formula is C14H14O5S2. The van der Waals surface area contributed by atoms with Crippen LogP contribution in [0.25, 0.3) is 0 Å². The van der Waals surface area contributed by atoms with Crippen molar-refractivity contribution in [1.29, 1.82) is 0 Å². The maximum atomic E-state index is 12.3. The van der Waals surface area contributed by atoms with Gasteiger partial charge in [-0.05, 0) is 36.1 Å². The van der Waals surface area contributed by atoms with Crippen molar-refractivity contribution in [2.24, 2.45) is 0 Å². The van der Waals surface area contributed by atoms with E-state index in [-0.39, 0.29) is 22.0 Å². The van der Waals surface area contributed by atoms with Crippen LogP contribution in [0.5, 0.6) is 5.75 Å². The summed E-state index contributed by atoms with van der Waals surface area (Å²) in [6.45, 7) is 0. The van der Waals surface area contributed by atoms with Crippen LogP contribution < -0.4 is 4.74 Å². The van der Waals surface area contributed by atoms with Crippen molar-refractivity contribution in [2.45, 2.75) is 11.3 Å². The number of benzene rings is 1. The van der Waals surface area contributed by atoms with Crippen LogP contribution in [0.1, 0.15) is 15.2 Å². The summed E-state index contributed by atoms with van der Waals surface area (Å²) in [5.41, 5.74) is -0.158. The van der Waals surface area contributed by atoms with Gasteiger partial charge < -0.3 is 9.84 Å². The number of rotatable bonds is 6. The van der Waals surface area contributed by atoms with Gasteiger partial charge in [0.25, 0.3) is 0 Å². The van der Waals surface area contributed by atoms with Gasteiger partial charge in [-0.25, -0.2) is 13.2 Å². The maximum absolute atomic E-state index is 12.3. The van der Waals surface area contributed by atoms with Crippen LogP contribution in [0.2, 0.25) is 0 Å². The fraction of sp³-hybridized carbons (Fsp3) is 0.214. The third-order valence-electron chi connectivity index (χ3n) is 2.96. The summed E-state index contributed by atoms with van der Waals surface area (Å²) in [6, 6.07) is 7.61. The van der Waals surface area contributed by atoms with Gasteiger partial charge in [0.15, 0.2) is 9.84 Å². The predicted molar refractivity (Wildman–Crippen MR) is 80.0 cm³/mol. The van der Waals surface area contributed by atoms with Gasteiger partial charge in [-0.1, -0.05) is 6.07 Å². The predicted octanol–water partition coefficient (Wildman–Crippen LogP) is 2.47. The highest BCUT2D eigenvalue weighted by Crippen LogP contribution is 2.24. The molecule has 0 aliphatic heterocycles. The second-order valence-electron chi connectivity index (χ2n) is 4.32. The van der Waals surface area contributed by atoms with Crippen molar-refractivity contribution in [3.8, 4) is 5.75 Å². The normalized spacial score (nSPS) is 11.3. The molecular weight excluding hydrogens is 312 g/mol. The van der Waals surface area contributed by atoms with E-state index in [2.05, 4.69) is 0 Å². The molecule has 7 heteroatoms. The molecule has 1 aromatic heterocycles. The van der Waals surface area contributed by atoms with Gasteiger partial charge in [-0.3, -0.25) is 0 Å². The summed E-state index contributed by atoms with van der Waals surface area (Å²) in [5, 5.41) is 11.0. The topological polar surface area (TPSA) is 80.7 Å². The largest absolute Gasteiger partial charge is 0.496 e. The van der Waals surface area contributed by atoms with Crippen molar-refractivity contribution < 1.29 is 23.1 Å². The summed E-state index contributed by atoms with van der Waals surface area (Å²) in [6.07, 6.45) is 0.411. The molecule has 5 nitrogen and oxygen atoms in total. The van der Waals surface area contributed by atoms with E-state index in [9.17, 15) is 13.2 Å². The Morgan fingerprint density at radius 2 is 2.10 bits per heavy atom. The van der Waals surface area contributed by atoms with E-state index in [0.29, 0.717) is 6.42 Å². The molecule has 2 rings (SSSR count). The van der Waals surface area contributed by atoms with E-state index in [0.717, 1.165) is 10.9 Å². The molecule has 0 unspecified atom stereocenters. The van der Waals surface area contributed by atoms with Gasteiger partial charge >= 0.3 is 5.97 Å².